The molecule has 2 nitrogen and oxygen atoms in total. The molecule has 0 amide bonds. The van der Waals surface area contributed by atoms with Crippen molar-refractivity contribution in [2.75, 3.05) is 0 Å². The molecule has 100 valence electrons. The number of hydrogen-bond acceptors (Lipinski definition) is 1. The molecule has 0 atom stereocenters. The van der Waals surface area contributed by atoms with Gasteiger partial charge >= 0.3 is 6.18 Å². The Kier molecular flexibility index (Phi) is 3.13. The fourth-order valence-corrected chi connectivity index (χ4v) is 1.67. The van der Waals surface area contributed by atoms with Crippen molar-refractivity contribution in [1.29, 1.82) is 0 Å². The molecule has 1 aromatic carbocycles. The van der Waals surface area contributed by atoms with Gasteiger partial charge in [-0.15, -0.1) is 0 Å². The SMILES string of the molecule is O=c1cc[nH]c(-c2cccc(F)c2F)c1C(F)(F)F. The Labute approximate surface area is 103 Å². The van der Waals surface area contributed by atoms with Gasteiger partial charge in [-0.05, 0) is 12.1 Å². The minimum absolute atomic E-state index is 0.648. The first-order valence-electron chi connectivity index (χ1n) is 5.05. The highest BCUT2D eigenvalue weighted by molar-refractivity contribution is 5.64. The highest BCUT2D eigenvalue weighted by Gasteiger charge is 2.37. The Bertz CT molecular complexity index is 675. The molecule has 1 heterocycles. The molecule has 1 aromatic heterocycles. The first kappa shape index (κ1) is 13.3. The van der Waals surface area contributed by atoms with Crippen molar-refractivity contribution in [1.82, 2.24) is 4.98 Å². The number of alkyl halides is 3. The van der Waals surface area contributed by atoms with Gasteiger partial charge in [0.05, 0.1) is 5.69 Å². The number of rotatable bonds is 1. The van der Waals surface area contributed by atoms with E-state index in [1.165, 1.54) is 0 Å². The molecule has 2 aromatic rings. The third-order valence-electron chi connectivity index (χ3n) is 2.46. The van der Waals surface area contributed by atoms with Crippen LogP contribution in [0.2, 0.25) is 0 Å². The van der Waals surface area contributed by atoms with Crippen LogP contribution < -0.4 is 5.43 Å². The van der Waals surface area contributed by atoms with Crippen molar-refractivity contribution in [3.05, 3.63) is 57.9 Å². The average Bonchev–Trinajstić information content (AvgIpc) is 2.30. The Morgan fingerprint density at radius 1 is 1.05 bits per heavy atom. The summed E-state index contributed by atoms with van der Waals surface area (Å²) in [5, 5.41) is 0. The molecule has 0 spiro atoms. The smallest absolute Gasteiger partial charge is 0.360 e. The van der Waals surface area contributed by atoms with Crippen LogP contribution in [0, 0.1) is 11.6 Å². The molecule has 0 radical (unpaired) electrons. The molecule has 0 aliphatic carbocycles. The highest BCUT2D eigenvalue weighted by atomic mass is 19.4. The quantitative estimate of drug-likeness (QED) is 0.795. The normalized spacial score (nSPS) is 11.6. The second-order valence-electron chi connectivity index (χ2n) is 3.69. The molecule has 19 heavy (non-hydrogen) atoms. The Morgan fingerprint density at radius 3 is 2.37 bits per heavy atom. The van der Waals surface area contributed by atoms with E-state index in [4.69, 9.17) is 0 Å². The second kappa shape index (κ2) is 4.49. The fraction of sp³-hybridized carbons (Fsp3) is 0.0833. The van der Waals surface area contributed by atoms with E-state index in [0.717, 1.165) is 24.4 Å². The molecule has 0 aliphatic rings. The van der Waals surface area contributed by atoms with Gasteiger partial charge in [0, 0.05) is 17.8 Å². The van der Waals surface area contributed by atoms with Crippen LogP contribution in [0.1, 0.15) is 5.56 Å². The van der Waals surface area contributed by atoms with Crippen LogP contribution in [0.15, 0.2) is 35.3 Å². The van der Waals surface area contributed by atoms with Gasteiger partial charge < -0.3 is 4.98 Å². The van der Waals surface area contributed by atoms with Gasteiger partial charge in [0.25, 0.3) is 0 Å². The van der Waals surface area contributed by atoms with Crippen LogP contribution >= 0.6 is 0 Å². The molecule has 0 saturated heterocycles. The van der Waals surface area contributed by atoms with Gasteiger partial charge in [-0.1, -0.05) is 6.07 Å². The minimum atomic E-state index is -4.97. The summed E-state index contributed by atoms with van der Waals surface area (Å²) in [5.41, 5.74) is -4.31. The van der Waals surface area contributed by atoms with Crippen molar-refractivity contribution >= 4 is 0 Å². The van der Waals surface area contributed by atoms with E-state index >= 15 is 0 Å². The first-order chi connectivity index (χ1) is 8.82. The van der Waals surface area contributed by atoms with Crippen molar-refractivity contribution in [2.24, 2.45) is 0 Å². The fourth-order valence-electron chi connectivity index (χ4n) is 1.67. The molecule has 0 unspecified atom stereocenters. The summed E-state index contributed by atoms with van der Waals surface area (Å²) in [5.74, 6) is -2.75. The van der Waals surface area contributed by atoms with E-state index in [9.17, 15) is 26.7 Å². The monoisotopic (exact) mass is 275 g/mol. The first-order valence-corrected chi connectivity index (χ1v) is 5.05. The topological polar surface area (TPSA) is 32.9 Å². The van der Waals surface area contributed by atoms with Crippen molar-refractivity contribution < 1.29 is 22.0 Å². The maximum absolute atomic E-state index is 13.5. The summed E-state index contributed by atoms with van der Waals surface area (Å²) in [6, 6.07) is 3.45. The van der Waals surface area contributed by atoms with Crippen LogP contribution in [0.25, 0.3) is 11.3 Å². The van der Waals surface area contributed by atoms with E-state index in [2.05, 4.69) is 4.98 Å². The van der Waals surface area contributed by atoms with Gasteiger partial charge in [-0.3, -0.25) is 4.79 Å². The molecule has 0 aliphatic heterocycles. The standard InChI is InChI=1S/C12H6F5NO/c13-7-3-1-2-6(10(7)14)11-9(12(15,16)17)8(19)4-5-18-11/h1-5H,(H,18,19). The maximum Gasteiger partial charge on any atom is 0.422 e. The minimum Gasteiger partial charge on any atom is -0.360 e. The third-order valence-corrected chi connectivity index (χ3v) is 2.46. The second-order valence-corrected chi connectivity index (χ2v) is 3.69. The number of aromatic amines is 1. The van der Waals surface area contributed by atoms with Crippen LogP contribution in [-0.2, 0) is 6.18 Å². The highest BCUT2D eigenvalue weighted by Crippen LogP contribution is 2.34. The molecular formula is C12H6F5NO. The van der Waals surface area contributed by atoms with E-state index in [0.29, 0.717) is 6.07 Å². The zero-order chi connectivity index (χ0) is 14.2. The van der Waals surface area contributed by atoms with E-state index in [1.807, 2.05) is 0 Å². The number of aromatic nitrogens is 1. The Balaban J connectivity index is 2.81. The van der Waals surface area contributed by atoms with Crippen molar-refractivity contribution in [2.45, 2.75) is 6.18 Å². The number of nitrogens with one attached hydrogen (secondary N) is 1. The van der Waals surface area contributed by atoms with Crippen molar-refractivity contribution in [3.63, 3.8) is 0 Å². The van der Waals surface area contributed by atoms with Gasteiger partial charge in [-0.2, -0.15) is 13.2 Å². The third kappa shape index (κ3) is 2.35. The van der Waals surface area contributed by atoms with Gasteiger partial charge in [-0.25, -0.2) is 8.78 Å². The molecule has 0 fully saturated rings. The molecular weight excluding hydrogens is 269 g/mol. The zero-order valence-electron chi connectivity index (χ0n) is 9.18. The lowest BCUT2D eigenvalue weighted by molar-refractivity contribution is -0.138. The predicted octanol–water partition coefficient (Wildman–Crippen LogP) is 3.34. The largest absolute Gasteiger partial charge is 0.422 e. The molecule has 1 N–H and O–H groups in total. The Hall–Kier alpha value is -2.18. The maximum atomic E-state index is 13.5. The van der Waals surface area contributed by atoms with Crippen LogP contribution in [0.5, 0.6) is 0 Å². The summed E-state index contributed by atoms with van der Waals surface area (Å²) < 4.78 is 64.9. The molecule has 0 saturated carbocycles. The summed E-state index contributed by atoms with van der Waals surface area (Å²) in [4.78, 5) is 13.4. The summed E-state index contributed by atoms with van der Waals surface area (Å²) in [6.07, 6.45) is -4.03. The van der Waals surface area contributed by atoms with Crippen LogP contribution in [-0.4, -0.2) is 4.98 Å². The summed E-state index contributed by atoms with van der Waals surface area (Å²) in [6.45, 7) is 0. The zero-order valence-corrected chi connectivity index (χ0v) is 9.18. The summed E-state index contributed by atoms with van der Waals surface area (Å²) in [7, 11) is 0. The average molecular weight is 275 g/mol. The molecule has 2 rings (SSSR count). The molecule has 7 heteroatoms. The number of pyridine rings is 1. The van der Waals surface area contributed by atoms with Crippen molar-refractivity contribution in [3.8, 4) is 11.3 Å². The number of benzene rings is 1. The van der Waals surface area contributed by atoms with E-state index < -0.39 is 40.1 Å². The van der Waals surface area contributed by atoms with Crippen LogP contribution in [0.4, 0.5) is 22.0 Å². The van der Waals surface area contributed by atoms with Gasteiger partial charge in [0.2, 0.25) is 0 Å². The van der Waals surface area contributed by atoms with Gasteiger partial charge in [0.15, 0.2) is 17.1 Å². The number of hydrogen-bond donors (Lipinski definition) is 1. The summed E-state index contributed by atoms with van der Waals surface area (Å²) >= 11 is 0. The van der Waals surface area contributed by atoms with Gasteiger partial charge in [0.1, 0.15) is 5.56 Å². The number of H-pyrrole nitrogens is 1. The van der Waals surface area contributed by atoms with E-state index in [-0.39, 0.29) is 0 Å². The van der Waals surface area contributed by atoms with Crippen LogP contribution in [0.3, 0.4) is 0 Å². The van der Waals surface area contributed by atoms with E-state index in [1.54, 1.807) is 0 Å². The number of halogens is 5. The Morgan fingerprint density at radius 2 is 1.74 bits per heavy atom. The molecule has 0 bridgehead atoms. The predicted molar refractivity (Wildman–Crippen MR) is 57.4 cm³/mol. The lowest BCUT2D eigenvalue weighted by atomic mass is 10.0. The lowest BCUT2D eigenvalue weighted by Crippen LogP contribution is -2.21. The lowest BCUT2D eigenvalue weighted by Gasteiger charge is -2.12.